The molecule has 2 aliphatic carbocycles. The van der Waals surface area contributed by atoms with E-state index < -0.39 is 27.3 Å². The minimum atomic E-state index is -3.95. The molecule has 0 aromatic heterocycles. The van der Waals surface area contributed by atoms with Gasteiger partial charge in [-0.2, -0.15) is 0 Å². The number of ether oxygens (including phenoxy) is 2. The molecule has 40 heavy (non-hydrogen) atoms. The average Bonchev–Trinajstić information content (AvgIpc) is 3.05. The van der Waals surface area contributed by atoms with E-state index in [-0.39, 0.29) is 36.0 Å². The first-order chi connectivity index (χ1) is 19.1. The van der Waals surface area contributed by atoms with Gasteiger partial charge in [-0.05, 0) is 98.7 Å². The zero-order chi connectivity index (χ0) is 28.1. The molecule has 2 N–H and O–H groups in total. The van der Waals surface area contributed by atoms with E-state index in [0.717, 1.165) is 42.8 Å². The SMILES string of the molecule is C[C@H]1COCC[C@@H](O)[C@@H]2CC[C@H]2CN2C[C@@]3(CCCc4cc(Cl)ccc43)COc3ccc(cc32)C(=O)NS1(=O)=O. The van der Waals surface area contributed by atoms with Gasteiger partial charge in [0.1, 0.15) is 11.0 Å². The molecule has 6 rings (SSSR count). The number of hydrogen-bond donors (Lipinski definition) is 2. The number of carbonyl (C=O) groups excluding carboxylic acids is 1. The number of fused-ring (bicyclic) bond motifs is 4. The first-order valence-electron chi connectivity index (χ1n) is 14.3. The van der Waals surface area contributed by atoms with Crippen LogP contribution in [0.25, 0.3) is 0 Å². The van der Waals surface area contributed by atoms with Crippen molar-refractivity contribution in [3.63, 3.8) is 0 Å². The van der Waals surface area contributed by atoms with E-state index in [0.29, 0.717) is 31.9 Å². The molecule has 4 aliphatic rings. The number of nitrogens with zero attached hydrogens (tertiary/aromatic N) is 1. The van der Waals surface area contributed by atoms with Crippen LogP contribution in [0.4, 0.5) is 5.69 Å². The molecule has 1 saturated carbocycles. The van der Waals surface area contributed by atoms with Gasteiger partial charge < -0.3 is 19.5 Å². The lowest BCUT2D eigenvalue weighted by molar-refractivity contribution is -0.00812. The minimum Gasteiger partial charge on any atom is -0.490 e. The van der Waals surface area contributed by atoms with E-state index in [1.165, 1.54) is 18.1 Å². The van der Waals surface area contributed by atoms with Crippen LogP contribution in [-0.2, 0) is 26.6 Å². The van der Waals surface area contributed by atoms with E-state index in [1.54, 1.807) is 18.2 Å². The zero-order valence-corrected chi connectivity index (χ0v) is 24.3. The average molecular weight is 589 g/mol. The number of sulfonamides is 1. The molecular formula is C30H37ClN2O6S. The van der Waals surface area contributed by atoms with Crippen molar-refractivity contribution >= 4 is 33.2 Å². The van der Waals surface area contributed by atoms with Crippen LogP contribution in [0.3, 0.4) is 0 Å². The van der Waals surface area contributed by atoms with Crippen LogP contribution in [0, 0.1) is 11.8 Å². The van der Waals surface area contributed by atoms with Crippen LogP contribution in [0.1, 0.15) is 60.5 Å². The molecular weight excluding hydrogens is 552 g/mol. The Kier molecular flexibility index (Phi) is 7.52. The molecule has 10 heteroatoms. The van der Waals surface area contributed by atoms with Gasteiger partial charge in [-0.15, -0.1) is 0 Å². The third-order valence-corrected chi connectivity index (χ3v) is 11.3. The van der Waals surface area contributed by atoms with Gasteiger partial charge in [-0.25, -0.2) is 13.1 Å². The Morgan fingerprint density at radius 2 is 2.00 bits per heavy atom. The summed E-state index contributed by atoms with van der Waals surface area (Å²) in [5, 5.41) is 10.8. The second-order valence-corrected chi connectivity index (χ2v) is 14.5. The quantitative estimate of drug-likeness (QED) is 0.478. The molecule has 1 amide bonds. The molecule has 2 aliphatic heterocycles. The largest absolute Gasteiger partial charge is 0.490 e. The lowest BCUT2D eigenvalue weighted by Crippen LogP contribution is -2.49. The fourth-order valence-electron chi connectivity index (χ4n) is 6.91. The Morgan fingerprint density at radius 3 is 2.80 bits per heavy atom. The summed E-state index contributed by atoms with van der Waals surface area (Å²) in [7, 11) is -3.95. The first kappa shape index (κ1) is 27.8. The summed E-state index contributed by atoms with van der Waals surface area (Å²) in [4.78, 5) is 15.5. The summed E-state index contributed by atoms with van der Waals surface area (Å²) in [6.07, 6.45) is 4.85. The normalized spacial score (nSPS) is 32.1. The summed E-state index contributed by atoms with van der Waals surface area (Å²) in [5.41, 5.74) is 3.28. The number of halogens is 1. The maximum atomic E-state index is 13.2. The van der Waals surface area contributed by atoms with E-state index in [4.69, 9.17) is 21.1 Å². The second-order valence-electron chi connectivity index (χ2n) is 12.0. The topological polar surface area (TPSA) is 105 Å². The van der Waals surface area contributed by atoms with Crippen LogP contribution < -0.4 is 14.4 Å². The Hall–Kier alpha value is -2.33. The van der Waals surface area contributed by atoms with Crippen molar-refractivity contribution < 1.29 is 27.8 Å². The van der Waals surface area contributed by atoms with Crippen molar-refractivity contribution in [3.05, 3.63) is 58.1 Å². The summed E-state index contributed by atoms with van der Waals surface area (Å²) in [5.74, 6) is 0.438. The fraction of sp³-hybridized carbons (Fsp3) is 0.567. The molecule has 0 unspecified atom stereocenters. The molecule has 2 aromatic carbocycles. The van der Waals surface area contributed by atoms with Crippen LogP contribution >= 0.6 is 11.6 Å². The number of carbonyl (C=O) groups is 1. The highest BCUT2D eigenvalue weighted by atomic mass is 35.5. The molecule has 0 saturated heterocycles. The van der Waals surface area contributed by atoms with Gasteiger partial charge in [0, 0.05) is 35.7 Å². The predicted octanol–water partition coefficient (Wildman–Crippen LogP) is 4.07. The Balaban J connectivity index is 1.41. The number of anilines is 1. The van der Waals surface area contributed by atoms with Gasteiger partial charge in [-0.3, -0.25) is 4.79 Å². The monoisotopic (exact) mass is 588 g/mol. The van der Waals surface area contributed by atoms with Crippen molar-refractivity contribution in [1.82, 2.24) is 4.72 Å². The van der Waals surface area contributed by atoms with Gasteiger partial charge in [-0.1, -0.05) is 17.7 Å². The summed E-state index contributed by atoms with van der Waals surface area (Å²) in [6, 6.07) is 11.3. The van der Waals surface area contributed by atoms with Crippen LogP contribution in [0.5, 0.6) is 5.75 Å². The van der Waals surface area contributed by atoms with E-state index in [1.807, 2.05) is 6.07 Å². The lowest BCUT2D eigenvalue weighted by Gasteiger charge is -2.45. The van der Waals surface area contributed by atoms with Crippen LogP contribution in [-0.4, -0.2) is 63.7 Å². The summed E-state index contributed by atoms with van der Waals surface area (Å²) in [6.45, 7) is 3.63. The van der Waals surface area contributed by atoms with Gasteiger partial charge in [0.25, 0.3) is 5.91 Å². The third kappa shape index (κ3) is 5.22. The smallest absolute Gasteiger partial charge is 0.264 e. The number of rotatable bonds is 0. The lowest BCUT2D eigenvalue weighted by atomic mass is 9.68. The van der Waals surface area contributed by atoms with Gasteiger partial charge >= 0.3 is 0 Å². The Bertz CT molecular complexity index is 1400. The van der Waals surface area contributed by atoms with E-state index >= 15 is 0 Å². The molecule has 2 aromatic rings. The molecule has 0 radical (unpaired) electrons. The molecule has 1 spiro atoms. The number of nitrogens with one attached hydrogen (secondary N) is 1. The first-order valence-corrected chi connectivity index (χ1v) is 16.2. The third-order valence-electron chi connectivity index (χ3n) is 9.40. The maximum Gasteiger partial charge on any atom is 0.264 e. The molecule has 2 heterocycles. The number of aliphatic hydroxyl groups is 1. The van der Waals surface area contributed by atoms with Crippen molar-refractivity contribution in [3.8, 4) is 5.75 Å². The van der Waals surface area contributed by atoms with Crippen LogP contribution in [0.15, 0.2) is 36.4 Å². The van der Waals surface area contributed by atoms with Gasteiger partial charge in [0.15, 0.2) is 0 Å². The Morgan fingerprint density at radius 1 is 1.15 bits per heavy atom. The molecule has 8 nitrogen and oxygen atoms in total. The summed E-state index contributed by atoms with van der Waals surface area (Å²) >= 11 is 6.37. The molecule has 1 fully saturated rings. The molecule has 5 atom stereocenters. The zero-order valence-electron chi connectivity index (χ0n) is 22.8. The molecule has 216 valence electrons. The highest BCUT2D eigenvalue weighted by Gasteiger charge is 2.44. The Labute approximate surface area is 241 Å². The van der Waals surface area contributed by atoms with E-state index in [2.05, 4.69) is 21.8 Å². The number of aryl methyl sites for hydroxylation is 1. The maximum absolute atomic E-state index is 13.2. The van der Waals surface area contributed by atoms with Crippen molar-refractivity contribution in [2.24, 2.45) is 11.8 Å². The van der Waals surface area contributed by atoms with Gasteiger partial charge in [0.05, 0.1) is 25.0 Å². The fourth-order valence-corrected chi connectivity index (χ4v) is 7.96. The highest BCUT2D eigenvalue weighted by molar-refractivity contribution is 7.90. The number of hydrogen-bond acceptors (Lipinski definition) is 7. The highest BCUT2D eigenvalue weighted by Crippen LogP contribution is 2.46. The van der Waals surface area contributed by atoms with Crippen molar-refractivity contribution in [1.29, 1.82) is 0 Å². The van der Waals surface area contributed by atoms with Gasteiger partial charge in [0.2, 0.25) is 10.0 Å². The second kappa shape index (κ2) is 10.8. The standard InChI is InChI=1S/C30H37ClN2O6S/c1-19-16-38-12-10-27(34)24-7-4-22(24)15-33-17-30(11-2-3-20-13-23(31)6-8-25(20)30)18-39-28-9-5-21(14-26(28)33)29(35)32-40(19,36)37/h5-6,8-9,13-14,19,22,24,27,34H,2-4,7,10-12,15-18H2,1H3,(H,32,35)/t19-,22-,24+,27+,30-/m0/s1. The van der Waals surface area contributed by atoms with Crippen molar-refractivity contribution in [2.75, 3.05) is 37.8 Å². The van der Waals surface area contributed by atoms with Crippen molar-refractivity contribution in [2.45, 2.75) is 62.2 Å². The van der Waals surface area contributed by atoms with E-state index in [9.17, 15) is 18.3 Å². The minimum absolute atomic E-state index is 0.0516. The predicted molar refractivity (Wildman–Crippen MR) is 154 cm³/mol. The number of aliphatic hydroxyl groups excluding tert-OH is 1. The van der Waals surface area contributed by atoms with Crippen LogP contribution in [0.2, 0.25) is 5.02 Å². The molecule has 2 bridgehead atoms. The summed E-state index contributed by atoms with van der Waals surface area (Å²) < 4.78 is 40.1. The number of amides is 1. The number of benzene rings is 2.